The van der Waals surface area contributed by atoms with E-state index in [1.54, 1.807) is 38.1 Å². The van der Waals surface area contributed by atoms with Crippen molar-refractivity contribution >= 4 is 39.0 Å². The molecular formula is C26H22F2N4O5S. The lowest BCUT2D eigenvalue weighted by Crippen LogP contribution is -2.42. The number of rotatable bonds is 7. The van der Waals surface area contributed by atoms with Crippen LogP contribution in [0.2, 0.25) is 0 Å². The summed E-state index contributed by atoms with van der Waals surface area (Å²) in [6, 6.07) is 12.4. The largest absolute Gasteiger partial charge is 0.339 e. The van der Waals surface area contributed by atoms with Crippen molar-refractivity contribution in [2.24, 2.45) is 0 Å². The van der Waals surface area contributed by atoms with Gasteiger partial charge in [0.25, 0.3) is 10.0 Å². The number of carbonyl (C=O) groups excluding carboxylic acids is 3. The molecule has 0 spiro atoms. The molecule has 4 N–H and O–H groups in total. The van der Waals surface area contributed by atoms with Crippen molar-refractivity contribution in [3.63, 3.8) is 0 Å². The van der Waals surface area contributed by atoms with Crippen LogP contribution in [0.4, 0.5) is 25.0 Å². The molecule has 4 rings (SSSR count). The van der Waals surface area contributed by atoms with Crippen LogP contribution < -0.4 is 20.7 Å². The highest BCUT2D eigenvalue weighted by atomic mass is 32.2. The van der Waals surface area contributed by atoms with Crippen molar-refractivity contribution in [3.8, 4) is 0 Å². The number of halogens is 2. The van der Waals surface area contributed by atoms with Gasteiger partial charge in [-0.2, -0.15) is 0 Å². The SMILES string of the molecule is CC(C)NC(=O)NS(=O)(=O)c1cccc(C(=O)C(C(=O)c2cc(F)cc(F)c2)=C2Nc3ccccc3N2)c1. The number of urea groups is 1. The smallest absolute Gasteiger partial charge is 0.328 e. The average molecular weight is 541 g/mol. The molecule has 12 heteroatoms. The maximum absolute atomic E-state index is 13.9. The van der Waals surface area contributed by atoms with E-state index in [0.29, 0.717) is 17.4 Å². The first-order chi connectivity index (χ1) is 17.9. The zero-order chi connectivity index (χ0) is 27.6. The van der Waals surface area contributed by atoms with Gasteiger partial charge in [-0.15, -0.1) is 0 Å². The van der Waals surface area contributed by atoms with Gasteiger partial charge in [0.05, 0.1) is 16.3 Å². The van der Waals surface area contributed by atoms with Gasteiger partial charge in [-0.25, -0.2) is 26.7 Å². The summed E-state index contributed by atoms with van der Waals surface area (Å²) in [5.74, 6) is -4.00. The summed E-state index contributed by atoms with van der Waals surface area (Å²) < 4.78 is 55.1. The third-order valence-corrected chi connectivity index (χ3v) is 6.66. The number of fused-ring (bicyclic) bond motifs is 1. The van der Waals surface area contributed by atoms with Crippen LogP contribution in [-0.2, 0) is 10.0 Å². The highest BCUT2D eigenvalue weighted by Gasteiger charge is 2.30. The number of nitrogens with one attached hydrogen (secondary N) is 4. The summed E-state index contributed by atoms with van der Waals surface area (Å²) in [4.78, 5) is 38.7. The van der Waals surface area contributed by atoms with E-state index >= 15 is 0 Å². The van der Waals surface area contributed by atoms with Crippen molar-refractivity contribution in [1.29, 1.82) is 0 Å². The zero-order valence-corrected chi connectivity index (χ0v) is 21.0. The molecule has 38 heavy (non-hydrogen) atoms. The summed E-state index contributed by atoms with van der Waals surface area (Å²) >= 11 is 0. The summed E-state index contributed by atoms with van der Waals surface area (Å²) in [6.45, 7) is 3.29. The number of benzene rings is 3. The minimum Gasteiger partial charge on any atom is -0.339 e. The normalized spacial score (nSPS) is 12.3. The van der Waals surface area contributed by atoms with Gasteiger partial charge in [0, 0.05) is 23.2 Å². The van der Waals surface area contributed by atoms with E-state index in [9.17, 15) is 31.6 Å². The summed E-state index contributed by atoms with van der Waals surface area (Å²) in [6.07, 6.45) is 0. The monoisotopic (exact) mass is 540 g/mol. The van der Waals surface area contributed by atoms with Gasteiger partial charge in [0.2, 0.25) is 11.6 Å². The minimum atomic E-state index is -4.38. The molecule has 196 valence electrons. The second-order valence-corrected chi connectivity index (χ2v) is 10.3. The molecule has 0 radical (unpaired) electrons. The van der Waals surface area contributed by atoms with Gasteiger partial charge in [-0.3, -0.25) is 9.59 Å². The topological polar surface area (TPSA) is 133 Å². The van der Waals surface area contributed by atoms with Crippen molar-refractivity contribution in [2.45, 2.75) is 24.8 Å². The fourth-order valence-corrected chi connectivity index (χ4v) is 4.67. The number of hydrogen-bond donors (Lipinski definition) is 4. The second-order valence-electron chi connectivity index (χ2n) is 8.62. The van der Waals surface area contributed by atoms with E-state index in [0.717, 1.165) is 18.2 Å². The highest BCUT2D eigenvalue weighted by Crippen LogP contribution is 2.33. The van der Waals surface area contributed by atoms with Crippen molar-refractivity contribution in [3.05, 3.63) is 101 Å². The maximum atomic E-state index is 13.9. The van der Waals surface area contributed by atoms with Crippen molar-refractivity contribution in [2.75, 3.05) is 10.6 Å². The van der Waals surface area contributed by atoms with E-state index in [1.165, 1.54) is 18.2 Å². The molecule has 0 aromatic heterocycles. The van der Waals surface area contributed by atoms with Gasteiger partial charge in [0.1, 0.15) is 23.0 Å². The zero-order valence-electron chi connectivity index (χ0n) is 20.1. The lowest BCUT2D eigenvalue weighted by atomic mass is 9.95. The molecule has 2 amide bonds. The standard InChI is InChI=1S/C26H22F2N4O5S/c1-14(2)29-26(35)32-38(36,37)19-7-5-6-15(12-19)23(33)22(24(34)16-10-17(27)13-18(28)11-16)25-30-20-8-3-4-9-21(20)31-25/h3-14,30-31H,1-2H3,(H2,29,32,35). The van der Waals surface area contributed by atoms with Gasteiger partial charge >= 0.3 is 6.03 Å². The number of ketones is 2. The number of hydrogen-bond acceptors (Lipinski definition) is 7. The first-order valence-corrected chi connectivity index (χ1v) is 12.8. The second kappa shape index (κ2) is 10.4. The van der Waals surface area contributed by atoms with Gasteiger partial charge in [-0.1, -0.05) is 24.3 Å². The third kappa shape index (κ3) is 5.70. The minimum absolute atomic E-state index is 0.0476. The Hall–Kier alpha value is -4.58. The van der Waals surface area contributed by atoms with E-state index < -0.39 is 55.3 Å². The molecule has 9 nitrogen and oxygen atoms in total. The lowest BCUT2D eigenvalue weighted by Gasteiger charge is -2.13. The molecule has 3 aromatic rings. The molecule has 1 aliphatic rings. The number of anilines is 2. The molecule has 0 bridgehead atoms. The highest BCUT2D eigenvalue weighted by molar-refractivity contribution is 7.90. The van der Waals surface area contributed by atoms with Crippen LogP contribution in [0.25, 0.3) is 0 Å². The molecule has 0 atom stereocenters. The maximum Gasteiger partial charge on any atom is 0.328 e. The summed E-state index contributed by atoms with van der Waals surface area (Å²) in [5, 5.41) is 8.21. The number of carbonyl (C=O) groups is 3. The Bertz CT molecular complexity index is 1560. The molecule has 0 saturated carbocycles. The van der Waals surface area contributed by atoms with Gasteiger partial charge in [-0.05, 0) is 50.2 Å². The predicted molar refractivity (Wildman–Crippen MR) is 136 cm³/mol. The van der Waals surface area contributed by atoms with Crippen molar-refractivity contribution in [1.82, 2.24) is 10.0 Å². The molecule has 1 aliphatic heterocycles. The molecule has 0 saturated heterocycles. The first-order valence-electron chi connectivity index (χ1n) is 11.3. The van der Waals surface area contributed by atoms with Crippen LogP contribution in [0.5, 0.6) is 0 Å². The number of para-hydroxylation sites is 2. The lowest BCUT2D eigenvalue weighted by molar-refractivity contribution is 0.0960. The Morgan fingerprint density at radius 2 is 1.37 bits per heavy atom. The number of sulfonamides is 1. The molecular weight excluding hydrogens is 518 g/mol. The van der Waals surface area contributed by atoms with E-state index in [-0.39, 0.29) is 17.4 Å². The third-order valence-electron chi connectivity index (χ3n) is 5.33. The van der Waals surface area contributed by atoms with Crippen LogP contribution in [-0.4, -0.2) is 32.1 Å². The van der Waals surface area contributed by atoms with Crippen LogP contribution in [0.1, 0.15) is 34.6 Å². The Morgan fingerprint density at radius 3 is 1.95 bits per heavy atom. The number of allylic oxidation sites excluding steroid dienone is 1. The summed E-state index contributed by atoms with van der Waals surface area (Å²) in [5.41, 5.74) is -0.0604. The number of Topliss-reactive ketones (excluding diaryl/α,β-unsaturated/α-hetero) is 2. The Balaban J connectivity index is 1.76. The molecule has 1 heterocycles. The Kier molecular flexibility index (Phi) is 7.26. The van der Waals surface area contributed by atoms with Gasteiger partial charge < -0.3 is 16.0 Å². The van der Waals surface area contributed by atoms with Crippen LogP contribution in [0.15, 0.2) is 83.0 Å². The molecule has 0 aliphatic carbocycles. The van der Waals surface area contributed by atoms with E-state index in [1.807, 2.05) is 4.72 Å². The fourth-order valence-electron chi connectivity index (χ4n) is 3.71. The average Bonchev–Trinajstić information content (AvgIpc) is 3.26. The summed E-state index contributed by atoms with van der Waals surface area (Å²) in [7, 11) is -4.38. The van der Waals surface area contributed by atoms with Crippen LogP contribution in [0.3, 0.4) is 0 Å². The Morgan fingerprint density at radius 1 is 0.789 bits per heavy atom. The van der Waals surface area contributed by atoms with E-state index in [4.69, 9.17) is 0 Å². The molecule has 0 fully saturated rings. The molecule has 0 unspecified atom stereocenters. The fraction of sp³-hybridized carbons (Fsp3) is 0.115. The first kappa shape index (κ1) is 26.5. The number of amides is 2. The van der Waals surface area contributed by atoms with Crippen molar-refractivity contribution < 1.29 is 31.6 Å². The quantitative estimate of drug-likeness (QED) is 0.153. The van der Waals surface area contributed by atoms with Crippen LogP contribution >= 0.6 is 0 Å². The van der Waals surface area contributed by atoms with Crippen LogP contribution in [0, 0.1) is 11.6 Å². The Labute approximate surface area is 217 Å². The van der Waals surface area contributed by atoms with Gasteiger partial charge in [0.15, 0.2) is 0 Å². The van der Waals surface area contributed by atoms with E-state index in [2.05, 4.69) is 16.0 Å². The molecule has 3 aromatic carbocycles. The predicted octanol–water partition coefficient (Wildman–Crippen LogP) is 4.18.